The van der Waals surface area contributed by atoms with Crippen LogP contribution in [-0.4, -0.2) is 58.9 Å². The molecule has 0 amide bonds. The van der Waals surface area contributed by atoms with Crippen LogP contribution in [0, 0.1) is 11.8 Å². The van der Waals surface area contributed by atoms with Crippen LogP contribution in [-0.2, 0) is 9.47 Å². The van der Waals surface area contributed by atoms with E-state index in [1.807, 2.05) is 36.4 Å². The molecule has 2 aromatic rings. The molecule has 4 fully saturated rings. The first kappa shape index (κ1) is 24.5. The Kier molecular flexibility index (Phi) is 5.69. The van der Waals surface area contributed by atoms with E-state index in [1.165, 1.54) is 19.3 Å². The molecule has 7 heteroatoms. The standard InChI is InChI=1S/C29H35NO4P2/c1-26-20-21(29(36-4)16-15-28(20,17-29)35-3)27(2,30-26)23(34-25(32)19-13-9-6-10-14-19)22(26)33-24(31)18-11-7-5-8-12-18/h5-14,20-23,30,35-36H,15-17H2,1-4H3. The highest BCUT2D eigenvalue weighted by molar-refractivity contribution is 7.41. The average Bonchev–Trinajstić information content (AvgIpc) is 3.58. The molecule has 190 valence electrons. The van der Waals surface area contributed by atoms with Gasteiger partial charge in [0, 0.05) is 0 Å². The number of esters is 2. The van der Waals surface area contributed by atoms with Crippen molar-refractivity contribution in [1.29, 1.82) is 0 Å². The van der Waals surface area contributed by atoms with Gasteiger partial charge in [-0.05, 0) is 92.9 Å². The summed E-state index contributed by atoms with van der Waals surface area (Å²) in [6.45, 7) is 9.16. The topological polar surface area (TPSA) is 64.6 Å². The zero-order valence-electron chi connectivity index (χ0n) is 21.3. The number of rotatable bonds is 6. The fraction of sp³-hybridized carbons (Fsp3) is 0.517. The van der Waals surface area contributed by atoms with Crippen molar-refractivity contribution >= 4 is 29.1 Å². The summed E-state index contributed by atoms with van der Waals surface area (Å²) in [5.41, 5.74) is 0.114. The van der Waals surface area contributed by atoms with Crippen LogP contribution >= 0.6 is 17.2 Å². The number of carbonyl (C=O) groups is 2. The molecule has 10 unspecified atom stereocenters. The Labute approximate surface area is 217 Å². The van der Waals surface area contributed by atoms with Crippen molar-refractivity contribution in [3.63, 3.8) is 0 Å². The molecule has 2 saturated carbocycles. The molecular weight excluding hydrogens is 488 g/mol. The minimum atomic E-state index is -0.561. The van der Waals surface area contributed by atoms with Gasteiger partial charge >= 0.3 is 11.9 Å². The predicted molar refractivity (Wildman–Crippen MR) is 146 cm³/mol. The molecule has 0 spiro atoms. The predicted octanol–water partition coefficient (Wildman–Crippen LogP) is 5.10. The lowest BCUT2D eigenvalue weighted by Crippen LogP contribution is -2.64. The third-order valence-corrected chi connectivity index (χ3v) is 13.4. The van der Waals surface area contributed by atoms with Crippen molar-refractivity contribution in [1.82, 2.24) is 5.32 Å². The van der Waals surface area contributed by atoms with Gasteiger partial charge in [0.2, 0.25) is 0 Å². The summed E-state index contributed by atoms with van der Waals surface area (Å²) in [7, 11) is 1.67. The minimum absolute atomic E-state index is 0.263. The first-order valence-electron chi connectivity index (χ1n) is 12.9. The molecule has 4 bridgehead atoms. The van der Waals surface area contributed by atoms with Crippen molar-refractivity contribution in [2.75, 3.05) is 13.3 Å². The molecule has 2 heterocycles. The molecule has 1 N–H and O–H groups in total. The second-order valence-electron chi connectivity index (χ2n) is 11.5. The first-order valence-corrected chi connectivity index (χ1v) is 15.9. The van der Waals surface area contributed by atoms with Crippen LogP contribution < -0.4 is 5.32 Å². The number of benzene rings is 2. The smallest absolute Gasteiger partial charge is 0.338 e. The van der Waals surface area contributed by atoms with Gasteiger partial charge in [0.1, 0.15) is 0 Å². The third-order valence-electron chi connectivity index (χ3n) is 9.94. The van der Waals surface area contributed by atoms with E-state index in [4.69, 9.17) is 9.47 Å². The molecule has 36 heavy (non-hydrogen) atoms. The highest BCUT2D eigenvalue weighted by Crippen LogP contribution is 2.78. The Morgan fingerprint density at radius 1 is 0.750 bits per heavy atom. The SMILES string of the molecule is CPC12CCC(PC)(C1)C1C2C2(C)NC1(C)C(OC(=O)c1ccccc1)C2OC(=O)c1ccccc1. The maximum atomic E-state index is 13.4. The van der Waals surface area contributed by atoms with E-state index < -0.39 is 23.3 Å². The fourth-order valence-corrected chi connectivity index (χ4v) is 12.1. The molecule has 2 aromatic carbocycles. The Bertz CT molecular complexity index is 1100. The maximum Gasteiger partial charge on any atom is 0.338 e. The Balaban J connectivity index is 1.43. The molecule has 2 aliphatic heterocycles. The number of ether oxygens (including phenoxy) is 2. The summed E-state index contributed by atoms with van der Waals surface area (Å²) in [5, 5.41) is 4.50. The average molecular weight is 524 g/mol. The van der Waals surface area contributed by atoms with Gasteiger partial charge in [-0.2, -0.15) is 0 Å². The van der Waals surface area contributed by atoms with Crippen LogP contribution in [0.4, 0.5) is 0 Å². The zero-order valence-corrected chi connectivity index (χ0v) is 23.3. The van der Waals surface area contributed by atoms with Crippen LogP contribution in [0.25, 0.3) is 0 Å². The molecule has 4 aliphatic rings. The van der Waals surface area contributed by atoms with Gasteiger partial charge in [0.15, 0.2) is 12.2 Å². The van der Waals surface area contributed by atoms with Gasteiger partial charge in [-0.1, -0.05) is 36.4 Å². The summed E-state index contributed by atoms with van der Waals surface area (Å²) < 4.78 is 12.7. The summed E-state index contributed by atoms with van der Waals surface area (Å²) >= 11 is 0. The van der Waals surface area contributed by atoms with E-state index in [2.05, 4.69) is 32.5 Å². The molecule has 0 aromatic heterocycles. The Morgan fingerprint density at radius 3 is 1.50 bits per heavy atom. The number of hydrogen-bond acceptors (Lipinski definition) is 5. The van der Waals surface area contributed by atoms with Crippen molar-refractivity contribution < 1.29 is 19.1 Å². The molecule has 0 radical (unpaired) electrons. The lowest BCUT2D eigenvalue weighted by molar-refractivity contribution is -0.0943. The normalized spacial score (nSPS) is 42.4. The fourth-order valence-electron chi connectivity index (χ4n) is 8.68. The van der Waals surface area contributed by atoms with E-state index in [1.54, 1.807) is 24.3 Å². The first-order chi connectivity index (χ1) is 17.2. The molecular formula is C29H35NO4P2. The monoisotopic (exact) mass is 523 g/mol. The summed E-state index contributed by atoms with van der Waals surface area (Å²) in [4.78, 5) is 26.7. The van der Waals surface area contributed by atoms with Crippen LogP contribution in [0.3, 0.4) is 0 Å². The van der Waals surface area contributed by atoms with Crippen molar-refractivity contribution in [3.05, 3.63) is 71.8 Å². The van der Waals surface area contributed by atoms with Gasteiger partial charge < -0.3 is 9.47 Å². The van der Waals surface area contributed by atoms with E-state index >= 15 is 0 Å². The second kappa shape index (κ2) is 8.35. The van der Waals surface area contributed by atoms with Gasteiger partial charge in [-0.3, -0.25) is 5.32 Å². The van der Waals surface area contributed by atoms with Gasteiger partial charge in [0.25, 0.3) is 0 Å². The highest BCUT2D eigenvalue weighted by atomic mass is 31.1. The van der Waals surface area contributed by atoms with E-state index in [9.17, 15) is 9.59 Å². The lowest BCUT2D eigenvalue weighted by atomic mass is 9.59. The molecule has 6 rings (SSSR count). The van der Waals surface area contributed by atoms with Crippen LogP contribution in [0.1, 0.15) is 53.8 Å². The van der Waals surface area contributed by atoms with Gasteiger partial charge in [-0.25, -0.2) is 9.59 Å². The third kappa shape index (κ3) is 3.19. The lowest BCUT2D eigenvalue weighted by Gasteiger charge is -2.53. The van der Waals surface area contributed by atoms with E-state index in [0.29, 0.717) is 23.0 Å². The van der Waals surface area contributed by atoms with Crippen molar-refractivity contribution in [2.24, 2.45) is 11.8 Å². The summed E-state index contributed by atoms with van der Waals surface area (Å²) in [5.74, 6) is 0.0557. The van der Waals surface area contributed by atoms with Gasteiger partial charge in [-0.15, -0.1) is 17.2 Å². The van der Waals surface area contributed by atoms with Crippen LogP contribution in [0.15, 0.2) is 60.7 Å². The second-order valence-corrected chi connectivity index (χ2v) is 14.5. The van der Waals surface area contributed by atoms with E-state index in [0.717, 1.165) is 17.2 Å². The number of nitrogens with one attached hydrogen (secondary N) is 1. The number of fused-ring (bicyclic) bond motifs is 9. The molecule has 5 nitrogen and oxygen atoms in total. The maximum absolute atomic E-state index is 13.4. The summed E-state index contributed by atoms with van der Waals surface area (Å²) in [6.07, 6.45) is 2.60. The van der Waals surface area contributed by atoms with Crippen LogP contribution in [0.2, 0.25) is 0 Å². The van der Waals surface area contributed by atoms with Gasteiger partial charge in [0.05, 0.1) is 22.2 Å². The van der Waals surface area contributed by atoms with E-state index in [-0.39, 0.29) is 22.3 Å². The molecule has 2 saturated heterocycles. The number of carbonyl (C=O) groups excluding carboxylic acids is 2. The molecule has 10 atom stereocenters. The van der Waals surface area contributed by atoms with Crippen molar-refractivity contribution in [3.8, 4) is 0 Å². The largest absolute Gasteiger partial charge is 0.453 e. The quantitative estimate of drug-likeness (QED) is 0.422. The minimum Gasteiger partial charge on any atom is -0.453 e. The Morgan fingerprint density at radius 2 is 1.14 bits per heavy atom. The number of hydrogen-bond donors (Lipinski definition) is 1. The highest BCUT2D eigenvalue weighted by Gasteiger charge is 2.84. The summed E-state index contributed by atoms with van der Waals surface area (Å²) in [6, 6.07) is 18.3. The molecule has 2 aliphatic carbocycles. The Hall–Kier alpha value is -1.80. The van der Waals surface area contributed by atoms with Crippen LogP contribution in [0.5, 0.6) is 0 Å². The zero-order chi connectivity index (χ0) is 25.3. The van der Waals surface area contributed by atoms with Crippen molar-refractivity contribution in [2.45, 2.75) is 66.7 Å².